The number of carbonyl (C=O) groups excluding carboxylic acids is 1. The minimum atomic E-state index is 0.218. The summed E-state index contributed by atoms with van der Waals surface area (Å²) >= 11 is 0. The Morgan fingerprint density at radius 2 is 2.07 bits per heavy atom. The maximum absolute atomic E-state index is 11.4. The lowest BCUT2D eigenvalue weighted by atomic mass is 10.0. The Labute approximate surface area is 92.6 Å². The average Bonchev–Trinajstić information content (AvgIpc) is 2.28. The number of rotatable bonds is 6. The van der Waals surface area contributed by atoms with E-state index >= 15 is 0 Å². The zero-order valence-electron chi connectivity index (χ0n) is 9.76. The summed E-state index contributed by atoms with van der Waals surface area (Å²) in [6, 6.07) is 0. The van der Waals surface area contributed by atoms with E-state index in [0.29, 0.717) is 12.3 Å². The van der Waals surface area contributed by atoms with Gasteiger partial charge in [0.2, 0.25) is 5.91 Å². The summed E-state index contributed by atoms with van der Waals surface area (Å²) in [6.07, 6.45) is 6.23. The zero-order valence-corrected chi connectivity index (χ0v) is 9.76. The molecule has 1 N–H and O–H groups in total. The van der Waals surface area contributed by atoms with Crippen molar-refractivity contribution >= 4 is 5.91 Å². The normalized spacial score (nSPS) is 17.7. The van der Waals surface area contributed by atoms with Crippen LogP contribution in [-0.4, -0.2) is 25.7 Å². The van der Waals surface area contributed by atoms with Crippen LogP contribution in [0, 0.1) is 5.92 Å². The van der Waals surface area contributed by atoms with Crippen LogP contribution in [-0.2, 0) is 9.53 Å². The topological polar surface area (TPSA) is 38.3 Å². The lowest BCUT2D eigenvalue weighted by molar-refractivity contribution is -0.121. The molecule has 3 heteroatoms. The Morgan fingerprint density at radius 3 is 2.73 bits per heavy atom. The van der Waals surface area contributed by atoms with Gasteiger partial charge in [-0.2, -0.15) is 0 Å². The van der Waals surface area contributed by atoms with E-state index < -0.39 is 0 Å². The summed E-state index contributed by atoms with van der Waals surface area (Å²) < 4.78 is 5.27. The molecule has 15 heavy (non-hydrogen) atoms. The number of hydrogen-bond donors (Lipinski definition) is 1. The summed E-state index contributed by atoms with van der Waals surface area (Å²) in [7, 11) is 0. The molecule has 0 spiro atoms. The lowest BCUT2D eigenvalue weighted by Gasteiger charge is -2.22. The van der Waals surface area contributed by atoms with Crippen molar-refractivity contribution in [2.24, 2.45) is 5.92 Å². The number of amides is 1. The molecule has 1 aliphatic rings. The third-order valence-corrected chi connectivity index (χ3v) is 2.94. The molecule has 0 atom stereocenters. The Hall–Kier alpha value is -0.570. The van der Waals surface area contributed by atoms with Gasteiger partial charge in [0.25, 0.3) is 0 Å². The van der Waals surface area contributed by atoms with E-state index in [0.717, 1.165) is 45.4 Å². The average molecular weight is 213 g/mol. The molecule has 0 aromatic rings. The van der Waals surface area contributed by atoms with Gasteiger partial charge in [-0.15, -0.1) is 0 Å². The first kappa shape index (κ1) is 12.5. The Morgan fingerprint density at radius 1 is 1.33 bits per heavy atom. The molecule has 0 radical (unpaired) electrons. The molecular formula is C12H23NO2. The SMILES string of the molecule is CCCCCC(=O)NCC1CCOCC1. The molecule has 0 saturated carbocycles. The van der Waals surface area contributed by atoms with Crippen molar-refractivity contribution in [2.75, 3.05) is 19.8 Å². The van der Waals surface area contributed by atoms with Gasteiger partial charge in [-0.3, -0.25) is 4.79 Å². The van der Waals surface area contributed by atoms with Gasteiger partial charge in [0, 0.05) is 26.2 Å². The minimum absolute atomic E-state index is 0.218. The third-order valence-electron chi connectivity index (χ3n) is 2.94. The van der Waals surface area contributed by atoms with Gasteiger partial charge in [-0.25, -0.2) is 0 Å². The largest absolute Gasteiger partial charge is 0.381 e. The van der Waals surface area contributed by atoms with Crippen molar-refractivity contribution in [2.45, 2.75) is 45.4 Å². The van der Waals surface area contributed by atoms with Crippen molar-refractivity contribution in [3.8, 4) is 0 Å². The van der Waals surface area contributed by atoms with Crippen LogP contribution in [0.5, 0.6) is 0 Å². The standard InChI is InChI=1S/C12H23NO2/c1-2-3-4-5-12(14)13-10-11-6-8-15-9-7-11/h11H,2-10H2,1H3,(H,13,14). The smallest absolute Gasteiger partial charge is 0.220 e. The lowest BCUT2D eigenvalue weighted by Crippen LogP contribution is -2.31. The first-order valence-electron chi connectivity index (χ1n) is 6.17. The van der Waals surface area contributed by atoms with E-state index in [1.165, 1.54) is 6.42 Å². The molecular weight excluding hydrogens is 190 g/mol. The van der Waals surface area contributed by atoms with Gasteiger partial charge in [0.05, 0.1) is 0 Å². The fourth-order valence-electron chi connectivity index (χ4n) is 1.83. The molecule has 3 nitrogen and oxygen atoms in total. The van der Waals surface area contributed by atoms with E-state index in [1.807, 2.05) is 0 Å². The van der Waals surface area contributed by atoms with Gasteiger partial charge in [-0.1, -0.05) is 19.8 Å². The minimum Gasteiger partial charge on any atom is -0.381 e. The van der Waals surface area contributed by atoms with Gasteiger partial charge in [-0.05, 0) is 25.2 Å². The van der Waals surface area contributed by atoms with Crippen LogP contribution in [0.15, 0.2) is 0 Å². The summed E-state index contributed by atoms with van der Waals surface area (Å²) in [5, 5.41) is 3.02. The third kappa shape index (κ3) is 5.78. The van der Waals surface area contributed by atoms with Crippen LogP contribution in [0.1, 0.15) is 45.4 Å². The summed E-state index contributed by atoms with van der Waals surface area (Å²) in [5.74, 6) is 0.851. The second-order valence-electron chi connectivity index (χ2n) is 4.32. The van der Waals surface area contributed by atoms with E-state index in [2.05, 4.69) is 12.2 Å². The van der Waals surface area contributed by atoms with Gasteiger partial charge >= 0.3 is 0 Å². The molecule has 0 aliphatic carbocycles. The van der Waals surface area contributed by atoms with Crippen LogP contribution in [0.3, 0.4) is 0 Å². The number of hydrogen-bond acceptors (Lipinski definition) is 2. The highest BCUT2D eigenvalue weighted by molar-refractivity contribution is 5.75. The van der Waals surface area contributed by atoms with E-state index in [9.17, 15) is 4.79 Å². The Kier molecular flexibility index (Phi) is 6.41. The summed E-state index contributed by atoms with van der Waals surface area (Å²) in [6.45, 7) is 4.71. The monoisotopic (exact) mass is 213 g/mol. The fraction of sp³-hybridized carbons (Fsp3) is 0.917. The first-order chi connectivity index (χ1) is 7.33. The van der Waals surface area contributed by atoms with Crippen LogP contribution in [0.2, 0.25) is 0 Å². The van der Waals surface area contributed by atoms with Crippen molar-refractivity contribution in [1.29, 1.82) is 0 Å². The van der Waals surface area contributed by atoms with E-state index in [4.69, 9.17) is 4.74 Å². The van der Waals surface area contributed by atoms with Crippen LogP contribution < -0.4 is 5.32 Å². The summed E-state index contributed by atoms with van der Waals surface area (Å²) in [5.41, 5.74) is 0. The Balaban J connectivity index is 2.00. The van der Waals surface area contributed by atoms with Gasteiger partial charge in [0.1, 0.15) is 0 Å². The second kappa shape index (κ2) is 7.69. The predicted molar refractivity (Wildman–Crippen MR) is 60.7 cm³/mol. The molecule has 0 aromatic heterocycles. The second-order valence-corrected chi connectivity index (χ2v) is 4.32. The number of ether oxygens (including phenoxy) is 1. The molecule has 1 saturated heterocycles. The molecule has 1 amide bonds. The van der Waals surface area contributed by atoms with Gasteiger partial charge in [0.15, 0.2) is 0 Å². The van der Waals surface area contributed by atoms with Crippen LogP contribution in [0.4, 0.5) is 0 Å². The molecule has 1 aliphatic heterocycles. The molecule has 0 bridgehead atoms. The summed E-state index contributed by atoms with van der Waals surface area (Å²) in [4.78, 5) is 11.4. The van der Waals surface area contributed by atoms with Gasteiger partial charge < -0.3 is 10.1 Å². The quantitative estimate of drug-likeness (QED) is 0.686. The highest BCUT2D eigenvalue weighted by Gasteiger charge is 2.14. The molecule has 0 aromatic carbocycles. The van der Waals surface area contributed by atoms with Crippen molar-refractivity contribution in [1.82, 2.24) is 5.32 Å². The maximum atomic E-state index is 11.4. The highest BCUT2D eigenvalue weighted by Crippen LogP contribution is 2.13. The number of unbranched alkanes of at least 4 members (excludes halogenated alkanes) is 2. The predicted octanol–water partition coefficient (Wildman–Crippen LogP) is 2.11. The molecule has 1 rings (SSSR count). The van der Waals surface area contributed by atoms with Crippen LogP contribution >= 0.6 is 0 Å². The zero-order chi connectivity index (χ0) is 10.9. The maximum Gasteiger partial charge on any atom is 0.220 e. The molecule has 1 fully saturated rings. The van der Waals surface area contributed by atoms with E-state index in [1.54, 1.807) is 0 Å². The molecule has 0 unspecified atom stereocenters. The highest BCUT2D eigenvalue weighted by atomic mass is 16.5. The first-order valence-corrected chi connectivity index (χ1v) is 6.17. The van der Waals surface area contributed by atoms with Crippen molar-refractivity contribution in [3.05, 3.63) is 0 Å². The Bertz CT molecular complexity index is 176. The number of nitrogens with one attached hydrogen (secondary N) is 1. The fourth-order valence-corrected chi connectivity index (χ4v) is 1.83. The number of carbonyl (C=O) groups is 1. The van der Waals surface area contributed by atoms with Crippen molar-refractivity contribution in [3.63, 3.8) is 0 Å². The van der Waals surface area contributed by atoms with E-state index in [-0.39, 0.29) is 5.91 Å². The van der Waals surface area contributed by atoms with Crippen molar-refractivity contribution < 1.29 is 9.53 Å². The van der Waals surface area contributed by atoms with Crippen LogP contribution in [0.25, 0.3) is 0 Å². The molecule has 88 valence electrons. The molecule has 1 heterocycles.